The summed E-state index contributed by atoms with van der Waals surface area (Å²) in [6.45, 7) is 1.25. The van der Waals surface area contributed by atoms with Gasteiger partial charge in [0, 0.05) is 11.5 Å². The van der Waals surface area contributed by atoms with Crippen LogP contribution in [0.2, 0.25) is 0 Å². The molecule has 0 radical (unpaired) electrons. The number of rotatable bonds is 1. The van der Waals surface area contributed by atoms with E-state index in [1.165, 1.54) is 45.1 Å². The summed E-state index contributed by atoms with van der Waals surface area (Å²) in [5.74, 6) is 1.85. The van der Waals surface area contributed by atoms with E-state index in [1.807, 2.05) is 0 Å². The Labute approximate surface area is 136 Å². The molecule has 21 heavy (non-hydrogen) atoms. The van der Waals surface area contributed by atoms with Gasteiger partial charge in [-0.25, -0.2) is 0 Å². The normalized spacial score (nSPS) is 35.0. The Morgan fingerprint density at radius 2 is 2.14 bits per heavy atom. The van der Waals surface area contributed by atoms with Crippen LogP contribution in [0.25, 0.3) is 0 Å². The SMILES string of the molecule is COc1cc2c(cc1Br)C[C@@H]1[C@@H]3CCCC[C@]23CCN1C. The third kappa shape index (κ3) is 1.93. The Bertz CT molecular complexity index is 573. The van der Waals surface area contributed by atoms with Gasteiger partial charge in [0.05, 0.1) is 11.6 Å². The summed E-state index contributed by atoms with van der Waals surface area (Å²) >= 11 is 3.68. The Kier molecular flexibility index (Phi) is 3.34. The first-order valence-corrected chi connectivity index (χ1v) is 9.02. The van der Waals surface area contributed by atoms with Crippen molar-refractivity contribution in [2.75, 3.05) is 20.7 Å². The molecule has 3 atom stereocenters. The van der Waals surface area contributed by atoms with Crippen molar-refractivity contribution in [2.24, 2.45) is 5.92 Å². The highest BCUT2D eigenvalue weighted by Gasteiger charge is 2.53. The summed E-state index contributed by atoms with van der Waals surface area (Å²) in [6, 6.07) is 5.42. The molecule has 1 heterocycles. The fraction of sp³-hybridized carbons (Fsp3) is 0.667. The smallest absolute Gasteiger partial charge is 0.133 e. The molecule has 1 aromatic rings. The van der Waals surface area contributed by atoms with Gasteiger partial charge in [-0.2, -0.15) is 0 Å². The van der Waals surface area contributed by atoms with Crippen molar-refractivity contribution in [3.05, 3.63) is 27.7 Å². The van der Waals surface area contributed by atoms with E-state index in [2.05, 4.69) is 40.0 Å². The number of methoxy groups -OCH3 is 1. The molecule has 1 aromatic carbocycles. The Hall–Kier alpha value is -0.540. The second-order valence-electron chi connectivity index (χ2n) is 7.15. The summed E-state index contributed by atoms with van der Waals surface area (Å²) in [7, 11) is 4.11. The molecule has 0 N–H and O–H groups in total. The predicted molar refractivity (Wildman–Crippen MR) is 89.1 cm³/mol. The predicted octanol–water partition coefficient (Wildman–Crippen LogP) is 4.15. The lowest BCUT2D eigenvalue weighted by Crippen LogP contribution is -2.59. The third-order valence-electron chi connectivity index (χ3n) is 6.38. The summed E-state index contributed by atoms with van der Waals surface area (Å²) in [6.07, 6.45) is 8.13. The van der Waals surface area contributed by atoms with Crippen LogP contribution in [-0.2, 0) is 11.8 Å². The number of hydrogen-bond acceptors (Lipinski definition) is 2. The number of piperidine rings is 1. The zero-order valence-electron chi connectivity index (χ0n) is 13.0. The van der Waals surface area contributed by atoms with Crippen LogP contribution in [0.1, 0.15) is 43.2 Å². The number of hydrogen-bond donors (Lipinski definition) is 0. The van der Waals surface area contributed by atoms with Crippen molar-refractivity contribution >= 4 is 15.9 Å². The zero-order valence-corrected chi connectivity index (χ0v) is 14.6. The molecule has 1 aliphatic heterocycles. The largest absolute Gasteiger partial charge is 0.496 e. The van der Waals surface area contributed by atoms with Crippen LogP contribution in [0, 0.1) is 5.92 Å². The molecule has 3 aliphatic rings. The van der Waals surface area contributed by atoms with Gasteiger partial charge in [-0.05, 0) is 84.4 Å². The summed E-state index contributed by atoms with van der Waals surface area (Å²) in [5, 5.41) is 0. The van der Waals surface area contributed by atoms with E-state index in [1.54, 1.807) is 18.2 Å². The van der Waals surface area contributed by atoms with Crippen molar-refractivity contribution in [2.45, 2.75) is 50.0 Å². The molecule has 0 amide bonds. The minimum atomic E-state index is 0.428. The van der Waals surface area contributed by atoms with Crippen molar-refractivity contribution in [3.8, 4) is 5.75 Å². The highest BCUT2D eigenvalue weighted by Crippen LogP contribution is 2.56. The van der Waals surface area contributed by atoms with E-state index in [-0.39, 0.29) is 0 Å². The molecule has 2 fully saturated rings. The van der Waals surface area contributed by atoms with Gasteiger partial charge in [-0.3, -0.25) is 0 Å². The molecule has 2 nitrogen and oxygen atoms in total. The van der Waals surface area contributed by atoms with Gasteiger partial charge in [0.1, 0.15) is 5.75 Å². The highest BCUT2D eigenvalue weighted by molar-refractivity contribution is 9.10. The number of ether oxygens (including phenoxy) is 1. The number of likely N-dealkylation sites (N-methyl/N-ethyl adjacent to an activating group) is 1. The molecular weight excluding hydrogens is 326 g/mol. The Balaban J connectivity index is 1.90. The van der Waals surface area contributed by atoms with Gasteiger partial charge in [-0.1, -0.05) is 12.8 Å². The molecule has 2 bridgehead atoms. The van der Waals surface area contributed by atoms with Gasteiger partial charge >= 0.3 is 0 Å². The van der Waals surface area contributed by atoms with E-state index in [0.717, 1.165) is 22.2 Å². The van der Waals surface area contributed by atoms with Gasteiger partial charge < -0.3 is 9.64 Å². The molecule has 114 valence electrons. The van der Waals surface area contributed by atoms with Crippen molar-refractivity contribution in [3.63, 3.8) is 0 Å². The molecule has 4 rings (SSSR count). The maximum absolute atomic E-state index is 5.59. The van der Waals surface area contributed by atoms with Crippen molar-refractivity contribution < 1.29 is 4.74 Å². The lowest BCUT2D eigenvalue weighted by atomic mass is 9.52. The van der Waals surface area contributed by atoms with Gasteiger partial charge in [0.15, 0.2) is 0 Å². The summed E-state index contributed by atoms with van der Waals surface area (Å²) < 4.78 is 6.70. The van der Waals surface area contributed by atoms with E-state index in [9.17, 15) is 0 Å². The number of benzene rings is 1. The molecule has 1 saturated heterocycles. The van der Waals surface area contributed by atoms with Crippen molar-refractivity contribution in [1.29, 1.82) is 0 Å². The van der Waals surface area contributed by atoms with Crippen LogP contribution < -0.4 is 4.74 Å². The fourth-order valence-corrected chi connectivity index (χ4v) is 5.91. The second kappa shape index (κ2) is 4.99. The molecule has 0 spiro atoms. The minimum Gasteiger partial charge on any atom is -0.496 e. The number of likely N-dealkylation sites (tertiary alicyclic amines) is 1. The first-order valence-electron chi connectivity index (χ1n) is 8.23. The molecule has 0 aromatic heterocycles. The average molecular weight is 350 g/mol. The minimum absolute atomic E-state index is 0.428. The topological polar surface area (TPSA) is 12.5 Å². The van der Waals surface area contributed by atoms with Gasteiger partial charge in [0.25, 0.3) is 0 Å². The van der Waals surface area contributed by atoms with E-state index >= 15 is 0 Å². The maximum Gasteiger partial charge on any atom is 0.133 e. The zero-order chi connectivity index (χ0) is 14.6. The van der Waals surface area contributed by atoms with Crippen LogP contribution in [0.3, 0.4) is 0 Å². The number of halogens is 1. The van der Waals surface area contributed by atoms with Gasteiger partial charge in [-0.15, -0.1) is 0 Å². The lowest BCUT2D eigenvalue weighted by molar-refractivity contribution is 0.00271. The third-order valence-corrected chi connectivity index (χ3v) is 7.00. The standard InChI is InChI=1S/C18H24BrNO/c1-20-8-7-18-6-4-3-5-13(18)16(20)10-12-9-15(19)17(21-2)11-14(12)18/h9,11,13,16H,3-8,10H2,1-2H3/t13-,16+,18+/m0/s1. The molecule has 3 heteroatoms. The van der Waals surface area contributed by atoms with E-state index in [4.69, 9.17) is 4.74 Å². The van der Waals surface area contributed by atoms with Crippen LogP contribution in [-0.4, -0.2) is 31.6 Å². The molecule has 1 saturated carbocycles. The highest BCUT2D eigenvalue weighted by atomic mass is 79.9. The average Bonchev–Trinajstić information content (AvgIpc) is 2.50. The van der Waals surface area contributed by atoms with Crippen molar-refractivity contribution in [1.82, 2.24) is 4.90 Å². The van der Waals surface area contributed by atoms with E-state index in [0.29, 0.717) is 5.41 Å². The van der Waals surface area contributed by atoms with Crippen LogP contribution in [0.5, 0.6) is 5.75 Å². The first kappa shape index (κ1) is 14.1. The Morgan fingerprint density at radius 3 is 2.95 bits per heavy atom. The number of nitrogens with zero attached hydrogens (tertiary/aromatic N) is 1. The van der Waals surface area contributed by atoms with Crippen LogP contribution in [0.4, 0.5) is 0 Å². The fourth-order valence-electron chi connectivity index (χ4n) is 5.36. The summed E-state index contributed by atoms with van der Waals surface area (Å²) in [5.41, 5.74) is 3.59. The summed E-state index contributed by atoms with van der Waals surface area (Å²) in [4.78, 5) is 2.62. The van der Waals surface area contributed by atoms with Crippen LogP contribution in [0.15, 0.2) is 16.6 Å². The Morgan fingerprint density at radius 1 is 1.29 bits per heavy atom. The molecule has 2 aliphatic carbocycles. The molecular formula is C18H24BrNO. The quantitative estimate of drug-likeness (QED) is 0.755. The number of fused-ring (bicyclic) bond motifs is 1. The monoisotopic (exact) mass is 349 g/mol. The van der Waals surface area contributed by atoms with E-state index < -0.39 is 0 Å². The van der Waals surface area contributed by atoms with Crippen LogP contribution >= 0.6 is 15.9 Å². The lowest BCUT2D eigenvalue weighted by Gasteiger charge is -2.58. The second-order valence-corrected chi connectivity index (χ2v) is 8.01. The van der Waals surface area contributed by atoms with Gasteiger partial charge in [0.2, 0.25) is 0 Å². The maximum atomic E-state index is 5.59. The molecule has 0 unspecified atom stereocenters. The first-order chi connectivity index (χ1) is 10.2.